The van der Waals surface area contributed by atoms with Crippen molar-refractivity contribution in [3.63, 3.8) is 0 Å². The number of hydrogen-bond acceptors (Lipinski definition) is 5. The Morgan fingerprint density at radius 1 is 1.03 bits per heavy atom. The second-order valence-electron chi connectivity index (χ2n) is 7.96. The normalized spacial score (nSPS) is 21.2. The Morgan fingerprint density at radius 2 is 1.76 bits per heavy atom. The van der Waals surface area contributed by atoms with Gasteiger partial charge in [0.05, 0.1) is 6.42 Å². The van der Waals surface area contributed by atoms with Gasteiger partial charge in [0, 0.05) is 49.5 Å². The van der Waals surface area contributed by atoms with E-state index < -0.39 is 0 Å². The van der Waals surface area contributed by atoms with E-state index in [1.165, 1.54) is 0 Å². The lowest BCUT2D eigenvalue weighted by Crippen LogP contribution is -2.34. The van der Waals surface area contributed by atoms with Crippen LogP contribution >= 0.6 is 11.6 Å². The van der Waals surface area contributed by atoms with Crippen molar-refractivity contribution in [2.75, 3.05) is 31.1 Å². The van der Waals surface area contributed by atoms with Crippen LogP contribution in [-0.2, 0) is 17.6 Å². The van der Waals surface area contributed by atoms with Gasteiger partial charge in [-0.25, -0.2) is 0 Å². The molecule has 0 saturated carbocycles. The molecular weight excluding hydrogens is 388 g/mol. The molecule has 8 heteroatoms. The van der Waals surface area contributed by atoms with Crippen LogP contribution in [0.25, 0.3) is 5.65 Å². The lowest BCUT2D eigenvalue weighted by atomic mass is 10.0. The van der Waals surface area contributed by atoms with E-state index in [1.807, 2.05) is 45.8 Å². The van der Waals surface area contributed by atoms with Crippen LogP contribution in [0.4, 0.5) is 5.82 Å². The summed E-state index contributed by atoms with van der Waals surface area (Å²) in [5, 5.41) is 13.8. The molecule has 150 valence electrons. The van der Waals surface area contributed by atoms with Gasteiger partial charge in [-0.3, -0.25) is 4.79 Å². The molecular formula is C21H23ClN6O. The van der Waals surface area contributed by atoms with E-state index in [2.05, 4.69) is 22.0 Å². The zero-order valence-electron chi connectivity index (χ0n) is 16.3. The molecule has 2 aromatic heterocycles. The molecule has 2 fully saturated rings. The van der Waals surface area contributed by atoms with E-state index in [-0.39, 0.29) is 5.91 Å². The smallest absolute Gasteiger partial charge is 0.227 e. The maximum atomic E-state index is 12.7. The first kappa shape index (κ1) is 18.4. The first-order valence-corrected chi connectivity index (χ1v) is 10.5. The Balaban J connectivity index is 1.24. The maximum Gasteiger partial charge on any atom is 0.227 e. The number of fused-ring (bicyclic) bond motifs is 2. The molecule has 3 aromatic rings. The minimum atomic E-state index is 0.199. The number of nitrogens with zero attached hydrogens (tertiary/aromatic N) is 6. The van der Waals surface area contributed by atoms with Gasteiger partial charge in [-0.15, -0.1) is 15.3 Å². The van der Waals surface area contributed by atoms with Crippen molar-refractivity contribution in [3.05, 3.63) is 52.8 Å². The van der Waals surface area contributed by atoms with E-state index >= 15 is 0 Å². The summed E-state index contributed by atoms with van der Waals surface area (Å²) in [4.78, 5) is 17.1. The second kappa shape index (κ2) is 7.30. The number of aryl methyl sites for hydroxylation is 1. The zero-order valence-corrected chi connectivity index (χ0v) is 17.1. The van der Waals surface area contributed by atoms with Crippen molar-refractivity contribution in [2.45, 2.75) is 19.8 Å². The van der Waals surface area contributed by atoms with E-state index in [0.29, 0.717) is 23.3 Å². The van der Waals surface area contributed by atoms with Gasteiger partial charge >= 0.3 is 0 Å². The Bertz CT molecular complexity index is 1040. The number of halogens is 1. The highest BCUT2D eigenvalue weighted by Crippen LogP contribution is 2.33. The molecule has 0 N–H and O–H groups in total. The summed E-state index contributed by atoms with van der Waals surface area (Å²) in [5.41, 5.74) is 1.79. The first-order valence-electron chi connectivity index (χ1n) is 10.1. The van der Waals surface area contributed by atoms with Crippen LogP contribution in [0.5, 0.6) is 0 Å². The van der Waals surface area contributed by atoms with Crippen molar-refractivity contribution in [1.82, 2.24) is 24.7 Å². The quantitative estimate of drug-likeness (QED) is 0.661. The third-order valence-electron chi connectivity index (χ3n) is 6.06. The van der Waals surface area contributed by atoms with Crippen LogP contribution in [0.1, 0.15) is 18.3 Å². The summed E-state index contributed by atoms with van der Waals surface area (Å²) >= 11 is 5.93. The average Bonchev–Trinajstić information content (AvgIpc) is 3.41. The number of hydrogen-bond donors (Lipinski definition) is 0. The topological polar surface area (TPSA) is 66.6 Å². The third-order valence-corrected chi connectivity index (χ3v) is 6.31. The number of anilines is 1. The predicted octanol–water partition coefficient (Wildman–Crippen LogP) is 2.48. The van der Waals surface area contributed by atoms with Crippen molar-refractivity contribution in [3.8, 4) is 0 Å². The Kier molecular flexibility index (Phi) is 4.62. The molecule has 0 spiro atoms. The fourth-order valence-electron chi connectivity index (χ4n) is 4.49. The Morgan fingerprint density at radius 3 is 2.45 bits per heavy atom. The van der Waals surface area contributed by atoms with Gasteiger partial charge in [0.15, 0.2) is 11.5 Å². The minimum Gasteiger partial charge on any atom is -0.354 e. The largest absolute Gasteiger partial charge is 0.354 e. The summed E-state index contributed by atoms with van der Waals surface area (Å²) < 4.78 is 1.84. The summed E-state index contributed by atoms with van der Waals surface area (Å²) in [5.74, 6) is 3.02. The van der Waals surface area contributed by atoms with Gasteiger partial charge in [0.1, 0.15) is 5.82 Å². The molecule has 2 aliphatic rings. The van der Waals surface area contributed by atoms with Gasteiger partial charge in [0.25, 0.3) is 0 Å². The fourth-order valence-corrected chi connectivity index (χ4v) is 4.61. The highest BCUT2D eigenvalue weighted by Gasteiger charge is 2.42. The highest BCUT2D eigenvalue weighted by atomic mass is 35.5. The lowest BCUT2D eigenvalue weighted by Gasteiger charge is -2.22. The van der Waals surface area contributed by atoms with Crippen LogP contribution in [0.15, 0.2) is 36.4 Å². The number of aromatic nitrogens is 4. The third kappa shape index (κ3) is 3.44. The lowest BCUT2D eigenvalue weighted by molar-refractivity contribution is -0.129. The molecule has 0 bridgehead atoms. The summed E-state index contributed by atoms with van der Waals surface area (Å²) in [7, 11) is 0. The van der Waals surface area contributed by atoms with Crippen LogP contribution in [0.3, 0.4) is 0 Å². The summed E-state index contributed by atoms with van der Waals surface area (Å²) in [6.45, 7) is 5.56. The fraction of sp³-hybridized carbons (Fsp3) is 0.429. The molecule has 1 amide bonds. The molecule has 2 saturated heterocycles. The standard InChI is InChI=1S/C21H23ClN6O/c1-2-18-23-24-19-7-8-20(25-28(18)19)26-10-15-12-27(13-16(15)11-26)21(29)9-14-3-5-17(22)6-4-14/h3-8,15-16H,2,9-13H2,1H3. The number of rotatable bonds is 4. The second-order valence-corrected chi connectivity index (χ2v) is 8.39. The SMILES string of the molecule is CCc1nnc2ccc(N3CC4CN(C(=O)Cc5ccc(Cl)cc5)CC4C3)nn12. The number of carbonyl (C=O) groups is 1. The van der Waals surface area contributed by atoms with E-state index in [4.69, 9.17) is 16.7 Å². The molecule has 29 heavy (non-hydrogen) atoms. The highest BCUT2D eigenvalue weighted by molar-refractivity contribution is 6.30. The number of carbonyl (C=O) groups excluding carboxylic acids is 1. The maximum absolute atomic E-state index is 12.7. The monoisotopic (exact) mass is 410 g/mol. The Labute approximate surface area is 174 Å². The van der Waals surface area contributed by atoms with Crippen molar-refractivity contribution < 1.29 is 4.79 Å². The number of benzene rings is 1. The molecule has 0 radical (unpaired) electrons. The summed E-state index contributed by atoms with van der Waals surface area (Å²) in [6.07, 6.45) is 1.24. The average molecular weight is 411 g/mol. The van der Waals surface area contributed by atoms with Crippen molar-refractivity contribution in [2.24, 2.45) is 11.8 Å². The van der Waals surface area contributed by atoms with E-state index in [9.17, 15) is 4.79 Å². The molecule has 5 rings (SSSR count). The molecule has 2 atom stereocenters. The van der Waals surface area contributed by atoms with E-state index in [1.54, 1.807) is 0 Å². The molecule has 2 aliphatic heterocycles. The van der Waals surface area contributed by atoms with E-state index in [0.717, 1.165) is 55.5 Å². The molecule has 2 unspecified atom stereocenters. The van der Waals surface area contributed by atoms with Crippen molar-refractivity contribution in [1.29, 1.82) is 0 Å². The van der Waals surface area contributed by atoms with Crippen LogP contribution in [0.2, 0.25) is 5.02 Å². The number of likely N-dealkylation sites (tertiary alicyclic amines) is 1. The molecule has 1 aromatic carbocycles. The number of amides is 1. The van der Waals surface area contributed by atoms with Gasteiger partial charge in [0.2, 0.25) is 5.91 Å². The summed E-state index contributed by atoms with van der Waals surface area (Å²) in [6, 6.07) is 11.5. The van der Waals surface area contributed by atoms with Gasteiger partial charge in [-0.1, -0.05) is 30.7 Å². The predicted molar refractivity (Wildman–Crippen MR) is 111 cm³/mol. The van der Waals surface area contributed by atoms with Gasteiger partial charge in [-0.05, 0) is 29.8 Å². The van der Waals surface area contributed by atoms with Gasteiger partial charge < -0.3 is 9.80 Å². The molecule has 4 heterocycles. The first-order chi connectivity index (χ1) is 14.1. The van der Waals surface area contributed by atoms with Crippen LogP contribution < -0.4 is 4.90 Å². The Hall–Kier alpha value is -2.67. The van der Waals surface area contributed by atoms with Crippen LogP contribution in [-0.4, -0.2) is 56.8 Å². The molecule has 0 aliphatic carbocycles. The minimum absolute atomic E-state index is 0.199. The molecule has 7 nitrogen and oxygen atoms in total. The van der Waals surface area contributed by atoms with Crippen molar-refractivity contribution >= 4 is 29.0 Å². The van der Waals surface area contributed by atoms with Gasteiger partial charge in [-0.2, -0.15) is 4.52 Å². The van der Waals surface area contributed by atoms with Crippen LogP contribution in [0, 0.1) is 11.8 Å². The zero-order chi connectivity index (χ0) is 20.0.